The quantitative estimate of drug-likeness (QED) is 0.790. The molecule has 0 N–H and O–H groups in total. The van der Waals surface area contributed by atoms with Crippen LogP contribution in [0.2, 0.25) is 0 Å². The monoisotopic (exact) mass is 259 g/mol. The van der Waals surface area contributed by atoms with Crippen LogP contribution in [0, 0.1) is 0 Å². The van der Waals surface area contributed by atoms with E-state index in [9.17, 15) is 13.2 Å². The Bertz CT molecular complexity index is 569. The zero-order valence-corrected chi connectivity index (χ0v) is 10.1. The van der Waals surface area contributed by atoms with Crippen LogP contribution in [0.25, 0.3) is 5.65 Å². The molecule has 2 heterocycles. The number of hydrogen-bond acceptors (Lipinski definition) is 3. The van der Waals surface area contributed by atoms with Crippen LogP contribution < -0.4 is 4.74 Å². The van der Waals surface area contributed by atoms with Crippen molar-refractivity contribution in [3.05, 3.63) is 24.0 Å². The van der Waals surface area contributed by atoms with E-state index in [0.717, 1.165) is 11.9 Å². The minimum absolute atomic E-state index is 0.191. The van der Waals surface area contributed by atoms with E-state index < -0.39 is 12.2 Å². The summed E-state index contributed by atoms with van der Waals surface area (Å²) in [5.41, 5.74) is 0.872. The lowest BCUT2D eigenvalue weighted by molar-refractivity contribution is -0.276. The van der Waals surface area contributed by atoms with Gasteiger partial charge in [0.05, 0.1) is 11.9 Å². The highest BCUT2D eigenvalue weighted by Gasteiger charge is 2.32. The average molecular weight is 259 g/mol. The summed E-state index contributed by atoms with van der Waals surface area (Å²) in [5.74, 6) is -0.513. The van der Waals surface area contributed by atoms with Gasteiger partial charge < -0.3 is 4.74 Å². The maximum absolute atomic E-state index is 12.0. The van der Waals surface area contributed by atoms with Crippen LogP contribution in [0.15, 0.2) is 18.3 Å². The molecular weight excluding hydrogens is 247 g/mol. The number of alkyl halides is 3. The summed E-state index contributed by atoms with van der Waals surface area (Å²) in [5, 5.41) is 4.20. The summed E-state index contributed by atoms with van der Waals surface area (Å²) in [4.78, 5) is 3.68. The normalized spacial score (nSPS) is 13.0. The largest absolute Gasteiger partial charge is 0.574 e. The smallest absolute Gasteiger partial charge is 0.386 e. The Balaban J connectivity index is 2.40. The minimum Gasteiger partial charge on any atom is -0.386 e. The van der Waals surface area contributed by atoms with Gasteiger partial charge in [-0.3, -0.25) is 0 Å². The maximum Gasteiger partial charge on any atom is 0.574 e. The number of halogens is 3. The molecule has 0 saturated heterocycles. The fourth-order valence-corrected chi connectivity index (χ4v) is 1.43. The predicted molar refractivity (Wildman–Crippen MR) is 58.4 cm³/mol. The van der Waals surface area contributed by atoms with Crippen molar-refractivity contribution in [1.29, 1.82) is 0 Å². The Hall–Kier alpha value is -1.79. The van der Waals surface area contributed by atoms with Crippen LogP contribution >= 0.6 is 0 Å². The molecule has 0 fully saturated rings. The Morgan fingerprint density at radius 1 is 1.17 bits per heavy atom. The van der Waals surface area contributed by atoms with Crippen LogP contribution in [0.5, 0.6) is 5.88 Å². The standard InChI is InChI=1S/C11H12F3N3O/c1-10(2,3)7-4-5-8-15-9(6-17(8)16-7)18-11(12,13)14/h4-6H,1-3H3. The van der Waals surface area contributed by atoms with Crippen molar-refractivity contribution >= 4 is 5.65 Å². The summed E-state index contributed by atoms with van der Waals surface area (Å²) in [6, 6.07) is 3.34. The van der Waals surface area contributed by atoms with E-state index in [1.54, 1.807) is 12.1 Å². The Labute approximate surface area is 101 Å². The number of imidazole rings is 1. The lowest BCUT2D eigenvalue weighted by atomic mass is 9.92. The molecule has 18 heavy (non-hydrogen) atoms. The van der Waals surface area contributed by atoms with Crippen LogP contribution in [0.4, 0.5) is 13.2 Å². The average Bonchev–Trinajstić information content (AvgIpc) is 2.53. The van der Waals surface area contributed by atoms with E-state index in [-0.39, 0.29) is 5.41 Å². The SMILES string of the molecule is CC(C)(C)c1ccc2nc(OC(F)(F)F)cn2n1. The highest BCUT2D eigenvalue weighted by atomic mass is 19.4. The fourth-order valence-electron chi connectivity index (χ4n) is 1.43. The molecule has 2 aromatic heterocycles. The van der Waals surface area contributed by atoms with Crippen molar-refractivity contribution in [2.75, 3.05) is 0 Å². The van der Waals surface area contributed by atoms with Crippen molar-refractivity contribution in [2.45, 2.75) is 32.5 Å². The third-order valence-corrected chi connectivity index (χ3v) is 2.29. The first-order chi connectivity index (χ1) is 8.15. The molecule has 0 spiro atoms. The Kier molecular flexibility index (Phi) is 2.71. The lowest BCUT2D eigenvalue weighted by Gasteiger charge is -2.16. The molecule has 0 atom stereocenters. The Morgan fingerprint density at radius 3 is 2.39 bits per heavy atom. The molecule has 0 radical (unpaired) electrons. The molecule has 2 aromatic rings. The van der Waals surface area contributed by atoms with Crippen molar-refractivity contribution in [3.63, 3.8) is 0 Å². The van der Waals surface area contributed by atoms with Gasteiger partial charge in [0.25, 0.3) is 0 Å². The third kappa shape index (κ3) is 2.72. The van der Waals surface area contributed by atoms with Crippen LogP contribution in [0.1, 0.15) is 26.5 Å². The fraction of sp³-hybridized carbons (Fsp3) is 0.455. The van der Waals surface area contributed by atoms with Gasteiger partial charge in [-0.05, 0) is 12.1 Å². The van der Waals surface area contributed by atoms with Gasteiger partial charge >= 0.3 is 6.36 Å². The van der Waals surface area contributed by atoms with Crippen LogP contribution in [-0.4, -0.2) is 21.0 Å². The van der Waals surface area contributed by atoms with E-state index in [1.165, 1.54) is 4.52 Å². The number of aromatic nitrogens is 3. The second-order valence-corrected chi connectivity index (χ2v) is 4.90. The van der Waals surface area contributed by atoms with E-state index in [2.05, 4.69) is 14.8 Å². The van der Waals surface area contributed by atoms with Crippen molar-refractivity contribution in [2.24, 2.45) is 0 Å². The lowest BCUT2D eigenvalue weighted by Crippen LogP contribution is -2.17. The molecule has 7 heteroatoms. The number of fused-ring (bicyclic) bond motifs is 1. The van der Waals surface area contributed by atoms with E-state index in [1.807, 2.05) is 20.8 Å². The molecule has 4 nitrogen and oxygen atoms in total. The van der Waals surface area contributed by atoms with Crippen molar-refractivity contribution in [1.82, 2.24) is 14.6 Å². The number of rotatable bonds is 1. The molecule has 98 valence electrons. The minimum atomic E-state index is -4.75. The number of nitrogens with zero attached hydrogens (tertiary/aromatic N) is 3. The maximum atomic E-state index is 12.0. The number of hydrogen-bond donors (Lipinski definition) is 0. The highest BCUT2D eigenvalue weighted by Crippen LogP contribution is 2.24. The highest BCUT2D eigenvalue weighted by molar-refractivity contribution is 5.41. The molecule has 0 unspecified atom stereocenters. The molecule has 0 aliphatic rings. The van der Waals surface area contributed by atoms with Gasteiger partial charge in [-0.25, -0.2) is 4.52 Å². The van der Waals surface area contributed by atoms with Gasteiger partial charge in [0.15, 0.2) is 5.65 Å². The summed E-state index contributed by atoms with van der Waals surface area (Å²) in [7, 11) is 0. The zero-order valence-electron chi connectivity index (χ0n) is 10.1. The zero-order chi connectivity index (χ0) is 13.6. The van der Waals surface area contributed by atoms with Gasteiger partial charge in [0.1, 0.15) is 0 Å². The van der Waals surface area contributed by atoms with Crippen LogP contribution in [0.3, 0.4) is 0 Å². The van der Waals surface area contributed by atoms with E-state index >= 15 is 0 Å². The molecule has 0 aliphatic carbocycles. The summed E-state index contributed by atoms with van der Waals surface area (Å²) < 4.78 is 41.2. The van der Waals surface area contributed by atoms with Gasteiger partial charge in [-0.1, -0.05) is 20.8 Å². The van der Waals surface area contributed by atoms with Gasteiger partial charge in [0, 0.05) is 5.41 Å². The molecule has 0 aliphatic heterocycles. The summed E-state index contributed by atoms with van der Waals surface area (Å²) in [6.45, 7) is 5.89. The summed E-state index contributed by atoms with van der Waals surface area (Å²) >= 11 is 0. The Morgan fingerprint density at radius 2 is 1.83 bits per heavy atom. The predicted octanol–water partition coefficient (Wildman–Crippen LogP) is 2.93. The topological polar surface area (TPSA) is 39.4 Å². The van der Waals surface area contributed by atoms with E-state index in [0.29, 0.717) is 5.65 Å². The molecular formula is C11H12F3N3O. The second kappa shape index (κ2) is 3.86. The van der Waals surface area contributed by atoms with E-state index in [4.69, 9.17) is 0 Å². The molecule has 2 rings (SSSR count). The first kappa shape index (κ1) is 12.7. The first-order valence-electron chi connectivity index (χ1n) is 5.28. The third-order valence-electron chi connectivity index (χ3n) is 2.29. The van der Waals surface area contributed by atoms with Gasteiger partial charge in [-0.2, -0.15) is 10.1 Å². The van der Waals surface area contributed by atoms with Gasteiger partial charge in [0.2, 0.25) is 5.88 Å². The number of ether oxygens (including phenoxy) is 1. The second-order valence-electron chi connectivity index (χ2n) is 4.90. The van der Waals surface area contributed by atoms with Crippen molar-refractivity contribution in [3.8, 4) is 5.88 Å². The van der Waals surface area contributed by atoms with Crippen molar-refractivity contribution < 1.29 is 17.9 Å². The summed E-state index contributed by atoms with van der Waals surface area (Å²) in [6.07, 6.45) is -3.64. The first-order valence-corrected chi connectivity index (χ1v) is 5.28. The molecule has 0 amide bonds. The van der Waals surface area contributed by atoms with Crippen LogP contribution in [-0.2, 0) is 5.41 Å². The molecule has 0 bridgehead atoms. The van der Waals surface area contributed by atoms with Gasteiger partial charge in [-0.15, -0.1) is 13.2 Å². The molecule has 0 saturated carbocycles. The molecule has 0 aromatic carbocycles.